The van der Waals surface area contributed by atoms with E-state index in [1.54, 1.807) is 12.1 Å². The molecule has 0 atom stereocenters. The number of ether oxygens (including phenoxy) is 1. The van der Waals surface area contributed by atoms with Crippen LogP contribution >= 0.6 is 0 Å². The van der Waals surface area contributed by atoms with Gasteiger partial charge in [-0.05, 0) is 34.2 Å². The second kappa shape index (κ2) is 4.55. The third kappa shape index (κ3) is 2.35. The Hall–Kier alpha value is -2.42. The van der Waals surface area contributed by atoms with Gasteiger partial charge in [0.25, 0.3) is 0 Å². The second-order valence-corrected chi connectivity index (χ2v) is 6.26. The molecule has 0 radical (unpaired) electrons. The first-order chi connectivity index (χ1) is 9.86. The summed E-state index contributed by atoms with van der Waals surface area (Å²) in [6.07, 6.45) is 0. The van der Waals surface area contributed by atoms with Gasteiger partial charge in [0.1, 0.15) is 0 Å². The van der Waals surface area contributed by atoms with E-state index in [2.05, 4.69) is 37.6 Å². The van der Waals surface area contributed by atoms with Gasteiger partial charge in [-0.15, -0.1) is 0 Å². The van der Waals surface area contributed by atoms with Crippen LogP contribution in [0.1, 0.15) is 47.1 Å². The summed E-state index contributed by atoms with van der Waals surface area (Å²) in [5, 5.41) is 0. The lowest BCUT2D eigenvalue weighted by atomic mass is 9.86. The highest BCUT2D eigenvalue weighted by molar-refractivity contribution is 6.15. The number of fused-ring (bicyclic) bond motifs is 1. The highest BCUT2D eigenvalue weighted by Crippen LogP contribution is 2.29. The summed E-state index contributed by atoms with van der Waals surface area (Å²) in [6, 6.07) is 13.4. The molecule has 0 spiro atoms. The van der Waals surface area contributed by atoms with Crippen molar-refractivity contribution in [2.75, 3.05) is 0 Å². The molecular formula is C18H16O3. The predicted octanol–water partition coefficient (Wildman–Crippen LogP) is 3.96. The fourth-order valence-corrected chi connectivity index (χ4v) is 2.43. The van der Waals surface area contributed by atoms with Gasteiger partial charge in [0.15, 0.2) is 0 Å². The fraction of sp³-hybridized carbons (Fsp3) is 0.222. The van der Waals surface area contributed by atoms with Crippen LogP contribution in [0.2, 0.25) is 0 Å². The van der Waals surface area contributed by atoms with Crippen LogP contribution in [0.4, 0.5) is 0 Å². The van der Waals surface area contributed by atoms with Gasteiger partial charge >= 0.3 is 11.9 Å². The zero-order chi connectivity index (χ0) is 15.2. The quantitative estimate of drug-likeness (QED) is 0.586. The second-order valence-electron chi connectivity index (χ2n) is 6.26. The number of hydrogen-bond donors (Lipinski definition) is 0. The van der Waals surface area contributed by atoms with Gasteiger partial charge in [0, 0.05) is 0 Å². The van der Waals surface area contributed by atoms with E-state index in [0.29, 0.717) is 11.1 Å². The molecule has 0 bridgehead atoms. The van der Waals surface area contributed by atoms with E-state index in [1.807, 2.05) is 18.2 Å². The highest BCUT2D eigenvalue weighted by Gasteiger charge is 2.29. The maximum absolute atomic E-state index is 11.6. The van der Waals surface area contributed by atoms with E-state index in [-0.39, 0.29) is 5.41 Å². The molecule has 21 heavy (non-hydrogen) atoms. The summed E-state index contributed by atoms with van der Waals surface area (Å²) in [5.41, 5.74) is 3.96. The van der Waals surface area contributed by atoms with E-state index in [4.69, 9.17) is 0 Å². The lowest BCUT2D eigenvalue weighted by Crippen LogP contribution is -2.10. The zero-order valence-corrected chi connectivity index (χ0v) is 12.3. The molecule has 3 heteroatoms. The van der Waals surface area contributed by atoms with Gasteiger partial charge in [0.05, 0.1) is 11.1 Å². The number of carbonyl (C=O) groups excluding carboxylic acids is 2. The molecule has 106 valence electrons. The topological polar surface area (TPSA) is 43.4 Å². The van der Waals surface area contributed by atoms with Crippen molar-refractivity contribution in [1.29, 1.82) is 0 Å². The minimum absolute atomic E-state index is 0.104. The third-order valence-corrected chi connectivity index (χ3v) is 3.73. The Morgan fingerprint density at radius 1 is 0.762 bits per heavy atom. The number of carbonyl (C=O) groups is 2. The molecule has 3 rings (SSSR count). The Balaban J connectivity index is 2.01. The Labute approximate surface area is 123 Å². The molecule has 2 aromatic rings. The van der Waals surface area contributed by atoms with Crippen molar-refractivity contribution in [2.45, 2.75) is 26.2 Å². The summed E-state index contributed by atoms with van der Waals surface area (Å²) in [6.45, 7) is 6.50. The molecule has 0 unspecified atom stereocenters. The average molecular weight is 280 g/mol. The highest BCUT2D eigenvalue weighted by atomic mass is 16.6. The first-order valence-corrected chi connectivity index (χ1v) is 6.88. The Morgan fingerprint density at radius 2 is 1.33 bits per heavy atom. The van der Waals surface area contributed by atoms with E-state index in [9.17, 15) is 9.59 Å². The van der Waals surface area contributed by atoms with Crippen LogP contribution in [0.15, 0.2) is 42.5 Å². The maximum atomic E-state index is 11.6. The molecule has 0 saturated heterocycles. The van der Waals surface area contributed by atoms with Crippen molar-refractivity contribution >= 4 is 11.9 Å². The first kappa shape index (κ1) is 13.6. The van der Waals surface area contributed by atoms with Crippen LogP contribution in [-0.2, 0) is 10.2 Å². The molecule has 2 aromatic carbocycles. The van der Waals surface area contributed by atoms with Crippen LogP contribution < -0.4 is 0 Å². The molecule has 1 aliphatic rings. The smallest absolute Gasteiger partial charge is 0.346 e. The van der Waals surface area contributed by atoms with Crippen molar-refractivity contribution in [3.05, 3.63) is 59.2 Å². The van der Waals surface area contributed by atoms with Gasteiger partial charge in [-0.3, -0.25) is 0 Å². The molecule has 1 heterocycles. The summed E-state index contributed by atoms with van der Waals surface area (Å²) in [5.74, 6) is -1.13. The average Bonchev–Trinajstić information content (AvgIpc) is 2.73. The number of esters is 2. The maximum Gasteiger partial charge on any atom is 0.346 e. The molecule has 1 aliphatic heterocycles. The summed E-state index contributed by atoms with van der Waals surface area (Å²) < 4.78 is 4.61. The fourth-order valence-electron chi connectivity index (χ4n) is 2.43. The summed E-state index contributed by atoms with van der Waals surface area (Å²) in [7, 11) is 0. The third-order valence-electron chi connectivity index (χ3n) is 3.73. The predicted molar refractivity (Wildman–Crippen MR) is 80.3 cm³/mol. The van der Waals surface area contributed by atoms with Crippen LogP contribution in [0.5, 0.6) is 0 Å². The molecule has 0 aromatic heterocycles. The van der Waals surface area contributed by atoms with Crippen LogP contribution in [-0.4, -0.2) is 11.9 Å². The van der Waals surface area contributed by atoms with Crippen molar-refractivity contribution in [1.82, 2.24) is 0 Å². The number of rotatable bonds is 1. The first-order valence-electron chi connectivity index (χ1n) is 6.88. The van der Waals surface area contributed by atoms with Gasteiger partial charge in [-0.2, -0.15) is 0 Å². The normalized spacial score (nSPS) is 14.0. The SMILES string of the molecule is CC(C)(C)c1ccc(-c2ccc3c(c2)C(=O)OC3=O)cc1. The molecule has 0 saturated carbocycles. The molecule has 0 aliphatic carbocycles. The molecule has 3 nitrogen and oxygen atoms in total. The van der Waals surface area contributed by atoms with Crippen molar-refractivity contribution in [2.24, 2.45) is 0 Å². The van der Waals surface area contributed by atoms with Crippen LogP contribution in [0.25, 0.3) is 11.1 Å². The lowest BCUT2D eigenvalue weighted by molar-refractivity contribution is 0.0444. The minimum Gasteiger partial charge on any atom is -0.386 e. The molecule has 0 N–H and O–H groups in total. The van der Waals surface area contributed by atoms with Gasteiger partial charge in [0.2, 0.25) is 0 Å². The van der Waals surface area contributed by atoms with Crippen molar-refractivity contribution < 1.29 is 14.3 Å². The molecular weight excluding hydrogens is 264 g/mol. The van der Waals surface area contributed by atoms with Crippen molar-refractivity contribution in [3.8, 4) is 11.1 Å². The Morgan fingerprint density at radius 3 is 1.95 bits per heavy atom. The molecule has 0 fully saturated rings. The Kier molecular flexibility index (Phi) is 2.94. The lowest BCUT2D eigenvalue weighted by Gasteiger charge is -2.19. The standard InChI is InChI=1S/C18H16O3/c1-18(2,3)13-7-4-11(5-8-13)12-6-9-14-15(10-12)17(20)21-16(14)19/h4-10H,1-3H3. The van der Waals surface area contributed by atoms with E-state index in [0.717, 1.165) is 11.1 Å². The largest absolute Gasteiger partial charge is 0.386 e. The monoisotopic (exact) mass is 280 g/mol. The van der Waals surface area contributed by atoms with E-state index in [1.165, 1.54) is 5.56 Å². The summed E-state index contributed by atoms with van der Waals surface area (Å²) >= 11 is 0. The van der Waals surface area contributed by atoms with Gasteiger partial charge in [-0.25, -0.2) is 9.59 Å². The number of cyclic esters (lactones) is 2. The van der Waals surface area contributed by atoms with E-state index >= 15 is 0 Å². The zero-order valence-electron chi connectivity index (χ0n) is 12.3. The van der Waals surface area contributed by atoms with Gasteiger partial charge in [-0.1, -0.05) is 51.1 Å². The van der Waals surface area contributed by atoms with Crippen LogP contribution in [0, 0.1) is 0 Å². The molecule has 0 amide bonds. The van der Waals surface area contributed by atoms with E-state index < -0.39 is 11.9 Å². The van der Waals surface area contributed by atoms with Crippen LogP contribution in [0.3, 0.4) is 0 Å². The number of benzene rings is 2. The van der Waals surface area contributed by atoms with Crippen molar-refractivity contribution in [3.63, 3.8) is 0 Å². The van der Waals surface area contributed by atoms with Gasteiger partial charge < -0.3 is 4.74 Å². The summed E-state index contributed by atoms with van der Waals surface area (Å²) in [4.78, 5) is 23.0. The number of hydrogen-bond acceptors (Lipinski definition) is 3. The minimum atomic E-state index is -0.567. The Bertz CT molecular complexity index is 734.